The van der Waals surface area contributed by atoms with Crippen LogP contribution in [0.5, 0.6) is 0 Å². The lowest BCUT2D eigenvalue weighted by atomic mass is 10.1. The molecule has 1 fully saturated rings. The summed E-state index contributed by atoms with van der Waals surface area (Å²) in [5.74, 6) is 0.561. The molecule has 1 N–H and O–H groups in total. The number of benzene rings is 2. The zero-order chi connectivity index (χ0) is 18.8. The van der Waals surface area contributed by atoms with Crippen LogP contribution >= 0.6 is 23.4 Å². The van der Waals surface area contributed by atoms with E-state index in [2.05, 4.69) is 5.32 Å². The monoisotopic (exact) mass is 402 g/mol. The Labute approximate surface area is 167 Å². The van der Waals surface area contributed by atoms with Crippen LogP contribution in [0.15, 0.2) is 47.4 Å². The van der Waals surface area contributed by atoms with Crippen molar-refractivity contribution in [3.8, 4) is 0 Å². The summed E-state index contributed by atoms with van der Waals surface area (Å²) in [6.07, 6.45) is 1.22. The fraction of sp³-hybridized carbons (Fsp3) is 0.300. The minimum absolute atomic E-state index is 0.105. The highest BCUT2D eigenvalue weighted by Gasteiger charge is 2.26. The second-order valence-electron chi connectivity index (χ2n) is 6.49. The van der Waals surface area contributed by atoms with Gasteiger partial charge in [-0.05, 0) is 49.2 Å². The molecule has 2 heterocycles. The molecule has 2 aliphatic rings. The number of hydrogen-bond acceptors (Lipinski definition) is 4. The van der Waals surface area contributed by atoms with Crippen LogP contribution in [0.3, 0.4) is 0 Å². The van der Waals surface area contributed by atoms with Gasteiger partial charge in [-0.1, -0.05) is 17.7 Å². The fourth-order valence-corrected chi connectivity index (χ4v) is 4.44. The molecule has 0 bridgehead atoms. The predicted molar refractivity (Wildman–Crippen MR) is 108 cm³/mol. The van der Waals surface area contributed by atoms with E-state index in [1.54, 1.807) is 40.9 Å². The second kappa shape index (κ2) is 7.92. The average molecular weight is 403 g/mol. The van der Waals surface area contributed by atoms with E-state index >= 15 is 0 Å². The highest BCUT2D eigenvalue weighted by Crippen LogP contribution is 2.37. The Hall–Kier alpha value is -2.02. The molecule has 2 amide bonds. The van der Waals surface area contributed by atoms with Crippen molar-refractivity contribution in [1.29, 1.82) is 0 Å². The standard InChI is InChI=1S/C20H19ClN2O3S/c21-14-6-7-18-16(12-14)23(8-10-27-18)20(25)13-3-1-4-15(11-13)22-19(24)17-5-2-9-26-17/h1,3-4,6-7,11-12,17H,2,5,8-10H2,(H,22,24)/t17-/m1/s1. The van der Waals surface area contributed by atoms with Gasteiger partial charge in [0.25, 0.3) is 11.8 Å². The summed E-state index contributed by atoms with van der Waals surface area (Å²) in [7, 11) is 0. The Morgan fingerprint density at radius 1 is 1.22 bits per heavy atom. The van der Waals surface area contributed by atoms with Crippen molar-refractivity contribution in [3.63, 3.8) is 0 Å². The van der Waals surface area contributed by atoms with Gasteiger partial charge in [-0.3, -0.25) is 9.59 Å². The Balaban J connectivity index is 1.55. The molecule has 1 atom stereocenters. The van der Waals surface area contributed by atoms with Gasteiger partial charge < -0.3 is 15.0 Å². The van der Waals surface area contributed by atoms with Gasteiger partial charge in [-0.15, -0.1) is 11.8 Å². The lowest BCUT2D eigenvalue weighted by Crippen LogP contribution is -2.35. The van der Waals surface area contributed by atoms with Gasteiger partial charge in [-0.2, -0.15) is 0 Å². The van der Waals surface area contributed by atoms with Crippen LogP contribution in [0.2, 0.25) is 5.02 Å². The molecule has 0 saturated carbocycles. The second-order valence-corrected chi connectivity index (χ2v) is 8.06. The summed E-state index contributed by atoms with van der Waals surface area (Å²) >= 11 is 7.85. The molecule has 0 aromatic heterocycles. The van der Waals surface area contributed by atoms with Crippen molar-refractivity contribution >= 4 is 46.6 Å². The van der Waals surface area contributed by atoms with Crippen molar-refractivity contribution in [2.75, 3.05) is 29.1 Å². The largest absolute Gasteiger partial charge is 0.368 e. The lowest BCUT2D eigenvalue weighted by Gasteiger charge is -2.29. The topological polar surface area (TPSA) is 58.6 Å². The van der Waals surface area contributed by atoms with Crippen molar-refractivity contribution < 1.29 is 14.3 Å². The molecular formula is C20H19ClN2O3S. The first-order valence-electron chi connectivity index (χ1n) is 8.88. The van der Waals surface area contributed by atoms with Crippen LogP contribution in [-0.2, 0) is 9.53 Å². The van der Waals surface area contributed by atoms with Crippen LogP contribution in [0.25, 0.3) is 0 Å². The first kappa shape index (κ1) is 18.3. The molecule has 0 spiro atoms. The van der Waals surface area contributed by atoms with Gasteiger partial charge >= 0.3 is 0 Å². The molecule has 7 heteroatoms. The van der Waals surface area contributed by atoms with Crippen LogP contribution in [0, 0.1) is 0 Å². The van der Waals surface area contributed by atoms with Gasteiger partial charge in [0.05, 0.1) is 5.69 Å². The number of carbonyl (C=O) groups is 2. The van der Waals surface area contributed by atoms with E-state index in [1.165, 1.54) is 0 Å². The Morgan fingerprint density at radius 3 is 2.93 bits per heavy atom. The molecule has 4 rings (SSSR count). The zero-order valence-electron chi connectivity index (χ0n) is 14.6. The van der Waals surface area contributed by atoms with Crippen LogP contribution in [0.4, 0.5) is 11.4 Å². The van der Waals surface area contributed by atoms with E-state index in [0.29, 0.717) is 29.4 Å². The Bertz CT molecular complexity index is 883. The molecular weight excluding hydrogens is 384 g/mol. The predicted octanol–water partition coefficient (Wildman–Crippen LogP) is 4.21. The molecule has 1 saturated heterocycles. The van der Waals surface area contributed by atoms with E-state index in [0.717, 1.165) is 29.2 Å². The molecule has 27 heavy (non-hydrogen) atoms. The highest BCUT2D eigenvalue weighted by atomic mass is 35.5. The van der Waals surface area contributed by atoms with Crippen LogP contribution in [0.1, 0.15) is 23.2 Å². The average Bonchev–Trinajstić information content (AvgIpc) is 3.22. The zero-order valence-corrected chi connectivity index (χ0v) is 16.2. The number of fused-ring (bicyclic) bond motifs is 1. The van der Waals surface area contributed by atoms with E-state index in [1.807, 2.05) is 18.2 Å². The summed E-state index contributed by atoms with van der Waals surface area (Å²) in [5.41, 5.74) is 1.95. The normalized spacial score (nSPS) is 18.9. The van der Waals surface area contributed by atoms with Gasteiger partial charge in [0.15, 0.2) is 0 Å². The van der Waals surface area contributed by atoms with E-state index < -0.39 is 6.10 Å². The summed E-state index contributed by atoms with van der Waals surface area (Å²) < 4.78 is 5.41. The first-order chi connectivity index (χ1) is 13.1. The Kier molecular flexibility index (Phi) is 5.38. The Morgan fingerprint density at radius 2 is 2.11 bits per heavy atom. The number of carbonyl (C=O) groups excluding carboxylic acids is 2. The van der Waals surface area contributed by atoms with Crippen molar-refractivity contribution in [2.45, 2.75) is 23.8 Å². The molecule has 2 aromatic carbocycles. The highest BCUT2D eigenvalue weighted by molar-refractivity contribution is 7.99. The number of amides is 2. The van der Waals surface area contributed by atoms with Crippen molar-refractivity contribution in [3.05, 3.63) is 53.1 Å². The molecule has 0 unspecified atom stereocenters. The number of ether oxygens (including phenoxy) is 1. The van der Waals surface area contributed by atoms with Crippen molar-refractivity contribution in [1.82, 2.24) is 0 Å². The number of halogens is 1. The maximum atomic E-state index is 13.1. The minimum Gasteiger partial charge on any atom is -0.368 e. The summed E-state index contributed by atoms with van der Waals surface area (Å²) in [6.45, 7) is 1.23. The molecule has 2 aromatic rings. The molecule has 0 aliphatic carbocycles. The number of nitrogens with zero attached hydrogens (tertiary/aromatic N) is 1. The summed E-state index contributed by atoms with van der Waals surface area (Å²) in [4.78, 5) is 28.1. The van der Waals surface area contributed by atoms with Gasteiger partial charge in [0.2, 0.25) is 0 Å². The lowest BCUT2D eigenvalue weighted by molar-refractivity contribution is -0.124. The summed E-state index contributed by atoms with van der Waals surface area (Å²) in [5, 5.41) is 3.45. The molecule has 2 aliphatic heterocycles. The maximum absolute atomic E-state index is 13.1. The smallest absolute Gasteiger partial charge is 0.258 e. The number of anilines is 2. The third-order valence-electron chi connectivity index (χ3n) is 4.63. The van der Waals surface area contributed by atoms with Crippen LogP contribution < -0.4 is 10.2 Å². The number of hydrogen-bond donors (Lipinski definition) is 1. The van der Waals surface area contributed by atoms with Gasteiger partial charge in [-0.25, -0.2) is 0 Å². The number of nitrogens with one attached hydrogen (secondary N) is 1. The number of rotatable bonds is 3. The maximum Gasteiger partial charge on any atom is 0.258 e. The van der Waals surface area contributed by atoms with Crippen LogP contribution in [-0.4, -0.2) is 36.8 Å². The van der Waals surface area contributed by atoms with Crippen molar-refractivity contribution in [2.24, 2.45) is 0 Å². The SMILES string of the molecule is O=C(Nc1cccc(C(=O)N2CCSc3ccc(Cl)cc32)c1)[C@H]1CCCO1. The fourth-order valence-electron chi connectivity index (χ4n) is 3.29. The van der Waals surface area contributed by atoms with E-state index in [4.69, 9.17) is 16.3 Å². The van der Waals surface area contributed by atoms with E-state index in [9.17, 15) is 9.59 Å². The number of thioether (sulfide) groups is 1. The van der Waals surface area contributed by atoms with Gasteiger partial charge in [0.1, 0.15) is 6.10 Å². The molecule has 5 nitrogen and oxygen atoms in total. The molecule has 0 radical (unpaired) electrons. The quantitative estimate of drug-likeness (QED) is 0.835. The third kappa shape index (κ3) is 3.98. The summed E-state index contributed by atoms with van der Waals surface area (Å²) in [6, 6.07) is 12.6. The van der Waals surface area contributed by atoms with Gasteiger partial charge in [0, 0.05) is 40.1 Å². The third-order valence-corrected chi connectivity index (χ3v) is 5.91. The van der Waals surface area contributed by atoms with E-state index in [-0.39, 0.29) is 11.8 Å². The minimum atomic E-state index is -0.405. The molecule has 140 valence electrons. The first-order valence-corrected chi connectivity index (χ1v) is 10.2.